The molecule has 1 aliphatic heterocycles. The van der Waals surface area contributed by atoms with Gasteiger partial charge in [0.2, 0.25) is 26.0 Å². The van der Waals surface area contributed by atoms with Gasteiger partial charge >= 0.3 is 0 Å². The number of carbonyl (C=O) groups excluding carboxylic acids is 1. The molecule has 180 valence electrons. The van der Waals surface area contributed by atoms with E-state index in [0.717, 1.165) is 29.8 Å². The van der Waals surface area contributed by atoms with E-state index in [2.05, 4.69) is 5.32 Å². The van der Waals surface area contributed by atoms with E-state index in [0.29, 0.717) is 23.8 Å². The average Bonchev–Trinajstić information content (AvgIpc) is 2.77. The smallest absolute Gasteiger partial charge is 0.248 e. The molecule has 1 fully saturated rings. The molecule has 0 unspecified atom stereocenters. The van der Waals surface area contributed by atoms with E-state index in [4.69, 9.17) is 11.6 Å². The summed E-state index contributed by atoms with van der Waals surface area (Å²) >= 11 is 6.03. The maximum absolute atomic E-state index is 13.0. The number of hydrogen-bond acceptors (Lipinski definition) is 5. The summed E-state index contributed by atoms with van der Waals surface area (Å²) in [5.74, 6) is -0.533. The number of carbonyl (C=O) groups is 1. The predicted molar refractivity (Wildman–Crippen MR) is 131 cm³/mol. The molecule has 8 nitrogen and oxygen atoms in total. The lowest BCUT2D eigenvalue weighted by Gasteiger charge is -2.30. The van der Waals surface area contributed by atoms with Crippen molar-refractivity contribution < 1.29 is 21.6 Å². The highest BCUT2D eigenvalue weighted by Gasteiger charge is 2.32. The van der Waals surface area contributed by atoms with Crippen molar-refractivity contribution in [1.29, 1.82) is 0 Å². The lowest BCUT2D eigenvalue weighted by Crippen LogP contribution is -2.47. The monoisotopic (exact) mass is 513 g/mol. The van der Waals surface area contributed by atoms with Crippen LogP contribution in [0.5, 0.6) is 0 Å². The van der Waals surface area contributed by atoms with Gasteiger partial charge in [0.15, 0.2) is 0 Å². The van der Waals surface area contributed by atoms with Crippen molar-refractivity contribution >= 4 is 48.9 Å². The molecule has 0 aliphatic carbocycles. The van der Waals surface area contributed by atoms with Crippen LogP contribution in [0.25, 0.3) is 0 Å². The fourth-order valence-electron chi connectivity index (χ4n) is 3.86. The summed E-state index contributed by atoms with van der Waals surface area (Å²) in [7, 11) is -7.37. The first-order valence-corrected chi connectivity index (χ1v) is 14.4. The molecule has 1 saturated heterocycles. The zero-order valence-electron chi connectivity index (χ0n) is 18.6. The van der Waals surface area contributed by atoms with Gasteiger partial charge in [0.05, 0.1) is 16.8 Å². The molecule has 0 aromatic heterocycles. The number of halogens is 1. The number of rotatable bonds is 8. The summed E-state index contributed by atoms with van der Waals surface area (Å²) in [6.45, 7) is 2.72. The van der Waals surface area contributed by atoms with Gasteiger partial charge in [0.25, 0.3) is 0 Å². The van der Waals surface area contributed by atoms with E-state index in [-0.39, 0.29) is 17.0 Å². The lowest BCUT2D eigenvalue weighted by molar-refractivity contribution is -0.117. The number of sulfonamides is 2. The maximum Gasteiger partial charge on any atom is 0.248 e. The lowest BCUT2D eigenvalue weighted by atomic mass is 10.2. The Bertz CT molecular complexity index is 1190. The Morgan fingerprint density at radius 1 is 1.06 bits per heavy atom. The first-order chi connectivity index (χ1) is 15.5. The normalized spacial score (nSPS) is 16.2. The molecule has 0 saturated carbocycles. The van der Waals surface area contributed by atoms with Crippen molar-refractivity contribution in [2.45, 2.75) is 43.5 Å². The largest absolute Gasteiger partial charge is 0.324 e. The van der Waals surface area contributed by atoms with Gasteiger partial charge in [-0.1, -0.05) is 31.0 Å². The van der Waals surface area contributed by atoms with E-state index in [1.807, 2.05) is 0 Å². The summed E-state index contributed by atoms with van der Waals surface area (Å²) < 4.78 is 53.2. The van der Waals surface area contributed by atoms with Gasteiger partial charge in [0, 0.05) is 23.8 Å². The molecule has 3 rings (SSSR count). The highest BCUT2D eigenvalue weighted by molar-refractivity contribution is 7.92. The van der Waals surface area contributed by atoms with Crippen LogP contribution in [0.1, 0.15) is 32.6 Å². The minimum atomic E-state index is -3.79. The van der Waals surface area contributed by atoms with Crippen molar-refractivity contribution in [2.75, 3.05) is 29.0 Å². The molecule has 1 aliphatic rings. The number of nitrogens with one attached hydrogen (secondary N) is 1. The first-order valence-electron chi connectivity index (χ1n) is 10.7. The zero-order valence-corrected chi connectivity index (χ0v) is 21.0. The van der Waals surface area contributed by atoms with Gasteiger partial charge in [-0.05, 0) is 61.7 Å². The molecule has 0 radical (unpaired) electrons. The van der Waals surface area contributed by atoms with E-state index >= 15 is 0 Å². The fourth-order valence-corrected chi connectivity index (χ4v) is 6.77. The average molecular weight is 514 g/mol. The molecule has 33 heavy (non-hydrogen) atoms. The molecule has 11 heteroatoms. The third-order valence-electron chi connectivity index (χ3n) is 5.47. The van der Waals surface area contributed by atoms with E-state index < -0.39 is 32.0 Å². The van der Waals surface area contributed by atoms with Crippen LogP contribution in [0.4, 0.5) is 11.4 Å². The van der Waals surface area contributed by atoms with Gasteiger partial charge in [-0.15, -0.1) is 0 Å². The minimum absolute atomic E-state index is 0.158. The van der Waals surface area contributed by atoms with Crippen LogP contribution in [0.15, 0.2) is 53.4 Å². The molecular formula is C22H28ClN3O5S2. The molecule has 1 heterocycles. The molecule has 1 N–H and O–H groups in total. The predicted octanol–water partition coefficient (Wildman–Crippen LogP) is 3.70. The summed E-state index contributed by atoms with van der Waals surface area (Å²) in [6, 6.07) is 11.2. The second-order valence-corrected chi connectivity index (χ2v) is 12.2. The van der Waals surface area contributed by atoms with Gasteiger partial charge in [-0.2, -0.15) is 4.31 Å². The molecule has 0 spiro atoms. The van der Waals surface area contributed by atoms with E-state index in [1.165, 1.54) is 34.6 Å². The van der Waals surface area contributed by atoms with Crippen LogP contribution in [0, 0.1) is 0 Å². The Kier molecular flexibility index (Phi) is 8.04. The number of amides is 1. The van der Waals surface area contributed by atoms with Gasteiger partial charge in [-0.3, -0.25) is 9.10 Å². The van der Waals surface area contributed by atoms with Crippen molar-refractivity contribution in [3.8, 4) is 0 Å². The van der Waals surface area contributed by atoms with Crippen molar-refractivity contribution in [3.63, 3.8) is 0 Å². The van der Waals surface area contributed by atoms with Crippen LogP contribution >= 0.6 is 11.6 Å². The zero-order chi connectivity index (χ0) is 24.2. The summed E-state index contributed by atoms with van der Waals surface area (Å²) in [6.07, 6.45) is 3.96. The Balaban J connectivity index is 1.81. The highest BCUT2D eigenvalue weighted by atomic mass is 35.5. The molecule has 0 bridgehead atoms. The quantitative estimate of drug-likeness (QED) is 0.579. The van der Waals surface area contributed by atoms with Gasteiger partial charge < -0.3 is 5.32 Å². The second kappa shape index (κ2) is 10.4. The SMILES string of the molecule is CC[C@H](C(=O)Nc1ccc(S(=O)(=O)N2CCCCC2)cc1)N(c1cccc(Cl)c1)S(C)(=O)=O. The standard InChI is InChI=1S/C22H28ClN3O5S2/c1-3-21(26(32(2,28)29)19-9-7-8-17(23)16-19)22(27)24-18-10-12-20(13-11-18)33(30,31)25-14-5-4-6-15-25/h7-13,16,21H,3-6,14-15H2,1-2H3,(H,24,27)/t21-/m1/s1. The topological polar surface area (TPSA) is 104 Å². The highest BCUT2D eigenvalue weighted by Crippen LogP contribution is 2.27. The van der Waals surface area contributed by atoms with Crippen LogP contribution in [-0.4, -0.2) is 52.4 Å². The van der Waals surface area contributed by atoms with Crippen LogP contribution in [0.3, 0.4) is 0 Å². The van der Waals surface area contributed by atoms with Crippen molar-refractivity contribution in [3.05, 3.63) is 53.6 Å². The Labute approximate surface area is 200 Å². The molecule has 1 atom stereocenters. The Morgan fingerprint density at radius 2 is 1.70 bits per heavy atom. The third kappa shape index (κ3) is 6.06. The molecular weight excluding hydrogens is 486 g/mol. The number of hydrogen-bond donors (Lipinski definition) is 1. The Morgan fingerprint density at radius 3 is 2.24 bits per heavy atom. The van der Waals surface area contributed by atoms with Crippen molar-refractivity contribution in [1.82, 2.24) is 4.31 Å². The first kappa shape index (κ1) is 25.5. The van der Waals surface area contributed by atoms with E-state index in [9.17, 15) is 21.6 Å². The van der Waals surface area contributed by atoms with Crippen LogP contribution in [-0.2, 0) is 24.8 Å². The molecule has 1 amide bonds. The number of nitrogens with zero attached hydrogens (tertiary/aromatic N) is 2. The molecule has 2 aromatic carbocycles. The summed E-state index contributed by atoms with van der Waals surface area (Å²) in [5.41, 5.74) is 0.658. The third-order valence-corrected chi connectivity index (χ3v) is 8.79. The van der Waals surface area contributed by atoms with Gasteiger partial charge in [-0.25, -0.2) is 16.8 Å². The number of piperidine rings is 1. The van der Waals surface area contributed by atoms with Crippen molar-refractivity contribution in [2.24, 2.45) is 0 Å². The summed E-state index contributed by atoms with van der Waals surface area (Å²) in [4.78, 5) is 13.2. The minimum Gasteiger partial charge on any atom is -0.324 e. The second-order valence-electron chi connectivity index (χ2n) is 7.94. The maximum atomic E-state index is 13.0. The summed E-state index contributed by atoms with van der Waals surface area (Å²) in [5, 5.41) is 3.05. The molecule has 2 aromatic rings. The van der Waals surface area contributed by atoms with Crippen LogP contribution < -0.4 is 9.62 Å². The Hall–Kier alpha value is -2.14. The fraction of sp³-hybridized carbons (Fsp3) is 0.409. The number of anilines is 2. The number of benzene rings is 2. The van der Waals surface area contributed by atoms with Crippen LogP contribution in [0.2, 0.25) is 5.02 Å². The van der Waals surface area contributed by atoms with Gasteiger partial charge in [0.1, 0.15) is 6.04 Å². The van der Waals surface area contributed by atoms with E-state index in [1.54, 1.807) is 25.1 Å².